The van der Waals surface area contributed by atoms with Crippen LogP contribution in [0.5, 0.6) is 0 Å². The SMILES string of the molecule is c1ccc(Nc2ccc3sc(-c4ccccc4)nc3c2)cc1. The number of benzene rings is 3. The molecule has 1 heterocycles. The molecule has 0 aliphatic carbocycles. The fraction of sp³-hybridized carbons (Fsp3) is 0. The molecule has 0 unspecified atom stereocenters. The molecule has 0 aliphatic rings. The Labute approximate surface area is 133 Å². The van der Waals surface area contributed by atoms with Gasteiger partial charge in [-0.3, -0.25) is 0 Å². The third kappa shape index (κ3) is 2.59. The molecule has 0 atom stereocenters. The highest BCUT2D eigenvalue weighted by Crippen LogP contribution is 2.32. The molecule has 0 spiro atoms. The number of hydrogen-bond acceptors (Lipinski definition) is 3. The molecule has 2 nitrogen and oxygen atoms in total. The predicted molar refractivity (Wildman–Crippen MR) is 94.8 cm³/mol. The Bertz CT molecular complexity index is 899. The van der Waals surface area contributed by atoms with Crippen LogP contribution in [-0.4, -0.2) is 4.98 Å². The van der Waals surface area contributed by atoms with Crippen LogP contribution in [0.1, 0.15) is 0 Å². The molecule has 1 aromatic heterocycles. The third-order valence-corrected chi connectivity index (χ3v) is 4.56. The average molecular weight is 302 g/mol. The minimum Gasteiger partial charge on any atom is -0.355 e. The van der Waals surface area contributed by atoms with Crippen molar-refractivity contribution < 1.29 is 0 Å². The van der Waals surface area contributed by atoms with Gasteiger partial charge in [0.25, 0.3) is 0 Å². The van der Waals surface area contributed by atoms with Crippen LogP contribution in [0.4, 0.5) is 11.4 Å². The summed E-state index contributed by atoms with van der Waals surface area (Å²) in [5.41, 5.74) is 4.34. The van der Waals surface area contributed by atoms with E-state index in [1.165, 1.54) is 10.3 Å². The Balaban J connectivity index is 1.69. The van der Waals surface area contributed by atoms with Crippen molar-refractivity contribution >= 4 is 32.9 Å². The zero-order valence-electron chi connectivity index (χ0n) is 11.9. The molecule has 0 radical (unpaired) electrons. The van der Waals surface area contributed by atoms with E-state index in [9.17, 15) is 0 Å². The van der Waals surface area contributed by atoms with E-state index in [4.69, 9.17) is 4.98 Å². The van der Waals surface area contributed by atoms with Crippen LogP contribution in [0.15, 0.2) is 78.9 Å². The summed E-state index contributed by atoms with van der Waals surface area (Å²) in [6, 6.07) is 26.8. The largest absolute Gasteiger partial charge is 0.355 e. The summed E-state index contributed by atoms with van der Waals surface area (Å²) in [5, 5.41) is 4.47. The van der Waals surface area contributed by atoms with Gasteiger partial charge in [-0.2, -0.15) is 0 Å². The summed E-state index contributed by atoms with van der Waals surface area (Å²) in [7, 11) is 0. The Morgan fingerprint density at radius 2 is 1.45 bits per heavy atom. The number of nitrogens with zero attached hydrogens (tertiary/aromatic N) is 1. The van der Waals surface area contributed by atoms with Crippen molar-refractivity contribution in [3.8, 4) is 10.6 Å². The van der Waals surface area contributed by atoms with E-state index in [1.807, 2.05) is 36.4 Å². The van der Waals surface area contributed by atoms with Crippen molar-refractivity contribution in [1.82, 2.24) is 4.98 Å². The number of para-hydroxylation sites is 1. The highest BCUT2D eigenvalue weighted by atomic mass is 32.1. The summed E-state index contributed by atoms with van der Waals surface area (Å²) in [5.74, 6) is 0. The Kier molecular flexibility index (Phi) is 3.33. The van der Waals surface area contributed by atoms with Crippen molar-refractivity contribution in [1.29, 1.82) is 0 Å². The summed E-state index contributed by atoms with van der Waals surface area (Å²) >= 11 is 1.73. The lowest BCUT2D eigenvalue weighted by molar-refractivity contribution is 1.47. The van der Waals surface area contributed by atoms with Gasteiger partial charge in [0, 0.05) is 16.9 Å². The quantitative estimate of drug-likeness (QED) is 0.524. The van der Waals surface area contributed by atoms with Crippen molar-refractivity contribution in [3.63, 3.8) is 0 Å². The van der Waals surface area contributed by atoms with Crippen LogP contribution in [0, 0.1) is 0 Å². The van der Waals surface area contributed by atoms with Crippen LogP contribution in [-0.2, 0) is 0 Å². The number of hydrogen-bond donors (Lipinski definition) is 1. The fourth-order valence-electron chi connectivity index (χ4n) is 2.40. The van der Waals surface area contributed by atoms with Gasteiger partial charge >= 0.3 is 0 Å². The number of aromatic nitrogens is 1. The molecule has 4 rings (SSSR count). The van der Waals surface area contributed by atoms with E-state index in [-0.39, 0.29) is 0 Å². The van der Waals surface area contributed by atoms with Crippen molar-refractivity contribution in [2.75, 3.05) is 5.32 Å². The molecule has 106 valence electrons. The molecule has 0 aliphatic heterocycles. The second-order valence-electron chi connectivity index (χ2n) is 5.06. The zero-order valence-corrected chi connectivity index (χ0v) is 12.7. The van der Waals surface area contributed by atoms with Crippen LogP contribution >= 0.6 is 11.3 Å². The molecular weight excluding hydrogens is 288 g/mol. The molecule has 22 heavy (non-hydrogen) atoms. The van der Waals surface area contributed by atoms with Gasteiger partial charge < -0.3 is 5.32 Å². The summed E-state index contributed by atoms with van der Waals surface area (Å²) in [4.78, 5) is 4.76. The van der Waals surface area contributed by atoms with Crippen LogP contribution in [0.25, 0.3) is 20.8 Å². The summed E-state index contributed by atoms with van der Waals surface area (Å²) in [6.45, 7) is 0. The first-order valence-electron chi connectivity index (χ1n) is 7.16. The lowest BCUT2D eigenvalue weighted by Gasteiger charge is -2.05. The smallest absolute Gasteiger partial charge is 0.124 e. The maximum absolute atomic E-state index is 4.76. The first-order valence-corrected chi connectivity index (χ1v) is 7.98. The van der Waals surface area contributed by atoms with Gasteiger partial charge in [-0.05, 0) is 30.3 Å². The molecule has 0 amide bonds. The van der Waals surface area contributed by atoms with E-state index < -0.39 is 0 Å². The van der Waals surface area contributed by atoms with Gasteiger partial charge in [-0.1, -0.05) is 48.5 Å². The van der Waals surface area contributed by atoms with Crippen LogP contribution in [0.2, 0.25) is 0 Å². The number of nitrogens with one attached hydrogen (secondary N) is 1. The van der Waals surface area contributed by atoms with E-state index in [1.54, 1.807) is 11.3 Å². The number of rotatable bonds is 3. The van der Waals surface area contributed by atoms with Gasteiger partial charge in [-0.15, -0.1) is 11.3 Å². The molecule has 0 fully saturated rings. The minimum atomic E-state index is 1.03. The number of anilines is 2. The van der Waals surface area contributed by atoms with Gasteiger partial charge in [0.1, 0.15) is 5.01 Å². The zero-order chi connectivity index (χ0) is 14.8. The van der Waals surface area contributed by atoms with Gasteiger partial charge in [0.2, 0.25) is 0 Å². The molecule has 4 aromatic rings. The lowest BCUT2D eigenvalue weighted by Crippen LogP contribution is -1.88. The van der Waals surface area contributed by atoms with E-state index in [2.05, 4.69) is 47.8 Å². The maximum Gasteiger partial charge on any atom is 0.124 e. The van der Waals surface area contributed by atoms with E-state index in [0.29, 0.717) is 0 Å². The third-order valence-electron chi connectivity index (χ3n) is 3.47. The van der Waals surface area contributed by atoms with E-state index in [0.717, 1.165) is 21.9 Å². The molecule has 0 saturated carbocycles. The lowest BCUT2D eigenvalue weighted by atomic mass is 10.2. The normalized spacial score (nSPS) is 10.7. The van der Waals surface area contributed by atoms with Crippen molar-refractivity contribution in [2.24, 2.45) is 0 Å². The number of thiazole rings is 1. The molecule has 0 bridgehead atoms. The van der Waals surface area contributed by atoms with Gasteiger partial charge in [-0.25, -0.2) is 4.98 Å². The molecule has 3 heteroatoms. The first kappa shape index (κ1) is 13.0. The predicted octanol–water partition coefficient (Wildman–Crippen LogP) is 5.71. The van der Waals surface area contributed by atoms with E-state index >= 15 is 0 Å². The molecule has 1 N–H and O–H groups in total. The summed E-state index contributed by atoms with van der Waals surface area (Å²) < 4.78 is 1.21. The second-order valence-corrected chi connectivity index (χ2v) is 6.09. The van der Waals surface area contributed by atoms with Gasteiger partial charge in [0.15, 0.2) is 0 Å². The monoisotopic (exact) mass is 302 g/mol. The highest BCUT2D eigenvalue weighted by molar-refractivity contribution is 7.21. The molecule has 3 aromatic carbocycles. The highest BCUT2D eigenvalue weighted by Gasteiger charge is 2.06. The van der Waals surface area contributed by atoms with Crippen molar-refractivity contribution in [2.45, 2.75) is 0 Å². The van der Waals surface area contributed by atoms with Crippen molar-refractivity contribution in [3.05, 3.63) is 78.9 Å². The average Bonchev–Trinajstić information content (AvgIpc) is 3.00. The minimum absolute atomic E-state index is 1.03. The van der Waals surface area contributed by atoms with Gasteiger partial charge in [0.05, 0.1) is 10.2 Å². The second kappa shape index (κ2) is 5.62. The Hall–Kier alpha value is -2.65. The number of fused-ring (bicyclic) bond motifs is 1. The molecule has 0 saturated heterocycles. The topological polar surface area (TPSA) is 24.9 Å². The first-order chi connectivity index (χ1) is 10.9. The maximum atomic E-state index is 4.76. The Morgan fingerprint density at radius 1 is 0.727 bits per heavy atom. The fourth-order valence-corrected chi connectivity index (χ4v) is 3.35. The van der Waals surface area contributed by atoms with Crippen LogP contribution in [0.3, 0.4) is 0 Å². The van der Waals surface area contributed by atoms with Crippen LogP contribution < -0.4 is 5.32 Å². The Morgan fingerprint density at radius 3 is 2.23 bits per heavy atom. The standard InChI is InChI=1S/C19H14N2S/c1-3-7-14(8-4-1)19-21-17-13-16(11-12-18(17)22-19)20-15-9-5-2-6-10-15/h1-13,20H. The molecular formula is C19H14N2S. The summed E-state index contributed by atoms with van der Waals surface area (Å²) in [6.07, 6.45) is 0.